The van der Waals surface area contributed by atoms with Gasteiger partial charge in [0.25, 0.3) is 0 Å². The zero-order valence-electron chi connectivity index (χ0n) is 9.74. The Kier molecular flexibility index (Phi) is 3.72. The molecule has 0 fully saturated rings. The van der Waals surface area contributed by atoms with Crippen molar-refractivity contribution in [2.75, 3.05) is 5.32 Å². The number of nitrogens with one attached hydrogen (secondary N) is 1. The number of hydrogen-bond donors (Lipinski definition) is 2. The van der Waals surface area contributed by atoms with Crippen molar-refractivity contribution >= 4 is 17.9 Å². The molecule has 0 radical (unpaired) electrons. The van der Waals surface area contributed by atoms with Gasteiger partial charge in [-0.05, 0) is 24.3 Å². The number of hydrogen-bond acceptors (Lipinski definition) is 4. The van der Waals surface area contributed by atoms with Crippen LogP contribution in [0.3, 0.4) is 0 Å². The van der Waals surface area contributed by atoms with Crippen LogP contribution in [-0.4, -0.2) is 22.2 Å². The zero-order valence-corrected chi connectivity index (χ0v) is 9.74. The molecule has 2 rings (SSSR count). The number of carbonyl (C=O) groups excluding carboxylic acids is 1. The van der Waals surface area contributed by atoms with E-state index in [1.165, 1.54) is 12.1 Å². The molecule has 6 heteroatoms. The molecule has 96 valence electrons. The van der Waals surface area contributed by atoms with Crippen molar-refractivity contribution in [3.63, 3.8) is 0 Å². The number of anilines is 1. The van der Waals surface area contributed by atoms with Gasteiger partial charge >= 0.3 is 12.1 Å². The predicted molar refractivity (Wildman–Crippen MR) is 67.3 cm³/mol. The molecule has 0 bridgehead atoms. The van der Waals surface area contributed by atoms with Gasteiger partial charge in [0.05, 0.1) is 5.56 Å². The highest BCUT2D eigenvalue weighted by molar-refractivity contribution is 5.88. The van der Waals surface area contributed by atoms with E-state index < -0.39 is 12.1 Å². The van der Waals surface area contributed by atoms with Crippen molar-refractivity contribution in [2.24, 2.45) is 0 Å². The highest BCUT2D eigenvalue weighted by Crippen LogP contribution is 2.10. The van der Waals surface area contributed by atoms with E-state index >= 15 is 0 Å². The van der Waals surface area contributed by atoms with Crippen LogP contribution in [0.25, 0.3) is 0 Å². The lowest BCUT2D eigenvalue weighted by atomic mass is 10.3. The third-order valence-electron chi connectivity index (χ3n) is 2.19. The molecule has 0 atom stereocenters. The van der Waals surface area contributed by atoms with Crippen LogP contribution in [-0.2, 0) is 0 Å². The number of para-hydroxylation sites is 1. The molecule has 1 amide bonds. The molecular weight excluding hydrogens is 248 g/mol. The van der Waals surface area contributed by atoms with E-state index in [1.807, 2.05) is 0 Å². The predicted octanol–water partition coefficient (Wildman–Crippen LogP) is 2.39. The number of ether oxygens (including phenoxy) is 1. The molecular formula is C13H10N2O4. The van der Waals surface area contributed by atoms with Gasteiger partial charge < -0.3 is 9.84 Å². The summed E-state index contributed by atoms with van der Waals surface area (Å²) in [5, 5.41) is 11.1. The Morgan fingerprint density at radius 3 is 2.42 bits per heavy atom. The Morgan fingerprint density at radius 2 is 1.84 bits per heavy atom. The Bertz CT molecular complexity index is 581. The van der Waals surface area contributed by atoms with Crippen LogP contribution in [0.2, 0.25) is 0 Å². The van der Waals surface area contributed by atoms with Crippen LogP contribution in [0.4, 0.5) is 10.6 Å². The molecule has 0 saturated heterocycles. The minimum Gasteiger partial charge on any atom is -0.478 e. The minimum atomic E-state index is -1.08. The first-order chi connectivity index (χ1) is 9.15. The number of benzene rings is 1. The summed E-state index contributed by atoms with van der Waals surface area (Å²) in [5.41, 5.74) is 0.0435. The molecule has 2 N–H and O–H groups in total. The number of carboxylic acids is 1. The number of aromatic carboxylic acids is 1. The largest absolute Gasteiger partial charge is 0.478 e. The molecule has 6 nitrogen and oxygen atoms in total. The van der Waals surface area contributed by atoms with Gasteiger partial charge in [-0.1, -0.05) is 18.2 Å². The van der Waals surface area contributed by atoms with Crippen LogP contribution in [0.5, 0.6) is 5.75 Å². The second kappa shape index (κ2) is 5.63. The number of carboxylic acid groups (broad SMARTS) is 1. The van der Waals surface area contributed by atoms with Crippen molar-refractivity contribution in [2.45, 2.75) is 0 Å². The number of nitrogens with zero attached hydrogens (tertiary/aromatic N) is 1. The summed E-state index contributed by atoms with van der Waals surface area (Å²) in [6.45, 7) is 0. The SMILES string of the molecule is O=C(Nc1ccc(C(=O)O)cn1)Oc1ccccc1. The van der Waals surface area contributed by atoms with E-state index in [4.69, 9.17) is 9.84 Å². The Morgan fingerprint density at radius 1 is 1.11 bits per heavy atom. The summed E-state index contributed by atoms with van der Waals surface area (Å²) in [6.07, 6.45) is 0.460. The number of amides is 1. The maximum atomic E-state index is 11.5. The maximum Gasteiger partial charge on any atom is 0.418 e. The van der Waals surface area contributed by atoms with Crippen LogP contribution >= 0.6 is 0 Å². The van der Waals surface area contributed by atoms with Crippen LogP contribution < -0.4 is 10.1 Å². The summed E-state index contributed by atoms with van der Waals surface area (Å²) in [4.78, 5) is 25.9. The summed E-state index contributed by atoms with van der Waals surface area (Å²) in [5.74, 6) is -0.459. The molecule has 0 saturated carbocycles. The van der Waals surface area contributed by atoms with Crippen LogP contribution in [0.1, 0.15) is 10.4 Å². The Hall–Kier alpha value is -2.89. The summed E-state index contributed by atoms with van der Waals surface area (Å²) >= 11 is 0. The third kappa shape index (κ3) is 3.53. The number of pyridine rings is 1. The van der Waals surface area contributed by atoms with E-state index in [1.54, 1.807) is 30.3 Å². The van der Waals surface area contributed by atoms with Gasteiger partial charge in [0.2, 0.25) is 0 Å². The van der Waals surface area contributed by atoms with E-state index in [9.17, 15) is 9.59 Å². The fourth-order valence-electron chi connectivity index (χ4n) is 1.32. The van der Waals surface area contributed by atoms with E-state index in [0.29, 0.717) is 5.75 Å². The lowest BCUT2D eigenvalue weighted by molar-refractivity contribution is 0.0696. The fraction of sp³-hybridized carbons (Fsp3) is 0. The van der Waals surface area contributed by atoms with Crippen molar-refractivity contribution in [3.05, 3.63) is 54.2 Å². The topological polar surface area (TPSA) is 88.5 Å². The highest BCUT2D eigenvalue weighted by Gasteiger charge is 2.07. The molecule has 1 aromatic carbocycles. The molecule has 2 aromatic rings. The van der Waals surface area contributed by atoms with E-state index in [-0.39, 0.29) is 11.4 Å². The first-order valence-electron chi connectivity index (χ1n) is 5.38. The number of carbonyl (C=O) groups is 2. The van der Waals surface area contributed by atoms with Gasteiger partial charge in [0, 0.05) is 6.20 Å². The summed E-state index contributed by atoms with van der Waals surface area (Å²) < 4.78 is 4.99. The second-order valence-corrected chi connectivity index (χ2v) is 3.56. The normalized spacial score (nSPS) is 9.68. The highest BCUT2D eigenvalue weighted by atomic mass is 16.6. The minimum absolute atomic E-state index is 0.0435. The lowest BCUT2D eigenvalue weighted by Gasteiger charge is -2.05. The molecule has 0 unspecified atom stereocenters. The van der Waals surface area contributed by atoms with Gasteiger partial charge in [0.15, 0.2) is 0 Å². The average Bonchev–Trinajstić information content (AvgIpc) is 2.40. The van der Waals surface area contributed by atoms with Crippen molar-refractivity contribution < 1.29 is 19.4 Å². The van der Waals surface area contributed by atoms with Crippen molar-refractivity contribution in [1.29, 1.82) is 0 Å². The first-order valence-corrected chi connectivity index (χ1v) is 5.38. The molecule has 19 heavy (non-hydrogen) atoms. The fourth-order valence-corrected chi connectivity index (χ4v) is 1.32. The number of aromatic nitrogens is 1. The third-order valence-corrected chi connectivity index (χ3v) is 2.19. The van der Waals surface area contributed by atoms with Crippen molar-refractivity contribution in [1.82, 2.24) is 4.98 Å². The summed E-state index contributed by atoms with van der Waals surface area (Å²) in [7, 11) is 0. The molecule has 0 aliphatic carbocycles. The average molecular weight is 258 g/mol. The van der Waals surface area contributed by atoms with Crippen LogP contribution in [0, 0.1) is 0 Å². The molecule has 0 aliphatic rings. The van der Waals surface area contributed by atoms with Gasteiger partial charge in [-0.3, -0.25) is 5.32 Å². The quantitative estimate of drug-likeness (QED) is 0.882. The lowest BCUT2D eigenvalue weighted by Crippen LogP contribution is -2.17. The standard InChI is InChI=1S/C13H10N2O4/c16-12(17)9-6-7-11(14-8-9)15-13(18)19-10-4-2-1-3-5-10/h1-8H,(H,16,17)(H,14,15,18). The summed E-state index contributed by atoms with van der Waals surface area (Å²) in [6, 6.07) is 11.3. The van der Waals surface area contributed by atoms with Gasteiger partial charge in [-0.15, -0.1) is 0 Å². The monoisotopic (exact) mass is 258 g/mol. The van der Waals surface area contributed by atoms with Crippen molar-refractivity contribution in [3.8, 4) is 5.75 Å². The first kappa shape index (κ1) is 12.6. The smallest absolute Gasteiger partial charge is 0.418 e. The van der Waals surface area contributed by atoms with E-state index in [0.717, 1.165) is 6.20 Å². The molecule has 0 aliphatic heterocycles. The van der Waals surface area contributed by atoms with Gasteiger partial charge in [-0.25, -0.2) is 14.6 Å². The zero-order chi connectivity index (χ0) is 13.7. The maximum absolute atomic E-state index is 11.5. The van der Waals surface area contributed by atoms with E-state index in [2.05, 4.69) is 10.3 Å². The number of rotatable bonds is 3. The van der Waals surface area contributed by atoms with Gasteiger partial charge in [-0.2, -0.15) is 0 Å². The van der Waals surface area contributed by atoms with Gasteiger partial charge in [0.1, 0.15) is 11.6 Å². The Labute approximate surface area is 108 Å². The second-order valence-electron chi connectivity index (χ2n) is 3.56. The molecule has 1 heterocycles. The molecule has 1 aromatic heterocycles. The van der Waals surface area contributed by atoms with Crippen LogP contribution in [0.15, 0.2) is 48.7 Å². The molecule has 0 spiro atoms. The Balaban J connectivity index is 1.97.